The van der Waals surface area contributed by atoms with Crippen LogP contribution in [-0.4, -0.2) is 41.3 Å². The minimum absolute atomic E-state index is 0.329. The lowest BCUT2D eigenvalue weighted by Gasteiger charge is -1.99. The van der Waals surface area contributed by atoms with E-state index in [-0.39, 0.29) is 0 Å². The number of aliphatic hydroxyl groups excluding tert-OH is 1. The van der Waals surface area contributed by atoms with Gasteiger partial charge in [-0.3, -0.25) is 4.79 Å². The van der Waals surface area contributed by atoms with Crippen LogP contribution in [0.25, 0.3) is 0 Å². The molecule has 0 amide bonds. The van der Waals surface area contributed by atoms with Gasteiger partial charge in [0.1, 0.15) is 6.04 Å². The third kappa shape index (κ3) is 3.55. The van der Waals surface area contributed by atoms with Crippen LogP contribution in [0, 0.1) is 0 Å². The molecule has 1 saturated heterocycles. The van der Waals surface area contributed by atoms with Crippen LogP contribution in [0.1, 0.15) is 6.42 Å². The van der Waals surface area contributed by atoms with Crippen LogP contribution in [0.15, 0.2) is 0 Å². The van der Waals surface area contributed by atoms with Crippen LogP contribution < -0.4 is 5.32 Å². The molecule has 4 nitrogen and oxygen atoms in total. The van der Waals surface area contributed by atoms with E-state index in [2.05, 4.69) is 16.9 Å². The topological polar surface area (TPSA) is 69.6 Å². The van der Waals surface area contributed by atoms with Crippen LogP contribution in [0.2, 0.25) is 0 Å². The third-order valence-corrected chi connectivity index (χ3v) is 1.41. The first kappa shape index (κ1) is 10.7. The highest BCUT2D eigenvalue weighted by molar-refractivity contribution is 6.15. The van der Waals surface area contributed by atoms with Crippen LogP contribution in [0.3, 0.4) is 0 Å². The number of rotatable bonds is 1. The maximum atomic E-state index is 10.2. The first-order chi connectivity index (χ1) is 5.20. The molecule has 0 aromatic carbocycles. The Hall–Kier alpha value is -0.320. The van der Waals surface area contributed by atoms with Crippen molar-refractivity contribution in [3.63, 3.8) is 0 Å². The molecule has 0 aromatic heterocycles. The number of nitrogens with one attached hydrogen (secondary N) is 1. The number of carbonyl (C=O) groups is 1. The zero-order valence-electron chi connectivity index (χ0n) is 6.25. The number of aliphatic carboxylic acids is 1. The fourth-order valence-electron chi connectivity index (χ4n) is 0.905. The Kier molecular flexibility index (Phi) is 5.19. The molecule has 3 N–H and O–H groups in total. The van der Waals surface area contributed by atoms with Gasteiger partial charge in [0.25, 0.3) is 0 Å². The van der Waals surface area contributed by atoms with E-state index in [9.17, 15) is 4.79 Å². The van der Waals surface area contributed by atoms with Crippen molar-refractivity contribution in [2.75, 3.05) is 12.9 Å². The lowest BCUT2D eigenvalue weighted by molar-refractivity contribution is -0.139. The van der Waals surface area contributed by atoms with Gasteiger partial charge in [0.05, 0.1) is 6.10 Å². The summed E-state index contributed by atoms with van der Waals surface area (Å²) in [6.07, 6.45) is 1.32. The molecule has 1 fully saturated rings. The maximum Gasteiger partial charge on any atom is 0.320 e. The lowest BCUT2D eigenvalue weighted by Crippen LogP contribution is -2.29. The van der Waals surface area contributed by atoms with Crippen molar-refractivity contribution >= 4 is 17.6 Å². The Morgan fingerprint density at radius 3 is 2.36 bits per heavy atom. The first-order valence-electron chi connectivity index (χ1n) is 3.22. The van der Waals surface area contributed by atoms with Crippen molar-refractivity contribution in [2.45, 2.75) is 18.6 Å². The molecule has 2 atom stereocenters. The van der Waals surface area contributed by atoms with E-state index in [0.717, 1.165) is 0 Å². The summed E-state index contributed by atoms with van der Waals surface area (Å²) in [5, 5.41) is 19.8. The smallest absolute Gasteiger partial charge is 0.320 e. The SMILES string of the molecule is CCl.O=C(O)[C@@H]1C[C@@H](O)CN1. The molecular formula is C6H12ClNO3. The average Bonchev–Trinajstić information content (AvgIpc) is 2.40. The molecule has 66 valence electrons. The zero-order valence-corrected chi connectivity index (χ0v) is 7.01. The molecule has 0 bridgehead atoms. The quantitative estimate of drug-likeness (QED) is 0.484. The second-order valence-corrected chi connectivity index (χ2v) is 2.19. The van der Waals surface area contributed by atoms with E-state index in [1.807, 2.05) is 0 Å². The highest BCUT2D eigenvalue weighted by atomic mass is 35.5. The molecule has 0 aliphatic carbocycles. The maximum absolute atomic E-state index is 10.2. The van der Waals surface area contributed by atoms with E-state index < -0.39 is 18.1 Å². The lowest BCUT2D eigenvalue weighted by atomic mass is 10.2. The van der Waals surface area contributed by atoms with Crippen LogP contribution in [-0.2, 0) is 4.79 Å². The number of carboxylic acid groups (broad SMARTS) is 1. The molecule has 11 heavy (non-hydrogen) atoms. The van der Waals surface area contributed by atoms with Gasteiger partial charge in [0.2, 0.25) is 0 Å². The average molecular weight is 182 g/mol. The van der Waals surface area contributed by atoms with Gasteiger partial charge >= 0.3 is 5.97 Å². The molecule has 0 aromatic rings. The summed E-state index contributed by atoms with van der Waals surface area (Å²) in [6, 6.07) is -0.542. The van der Waals surface area contributed by atoms with Gasteiger partial charge in [0.15, 0.2) is 0 Å². The van der Waals surface area contributed by atoms with Crippen molar-refractivity contribution in [2.24, 2.45) is 0 Å². The molecule has 1 heterocycles. The number of halogens is 1. The van der Waals surface area contributed by atoms with Gasteiger partial charge in [-0.05, 0) is 0 Å². The number of hydrogen-bond donors (Lipinski definition) is 3. The summed E-state index contributed by atoms with van der Waals surface area (Å²) in [5.41, 5.74) is 0. The second kappa shape index (κ2) is 5.35. The third-order valence-electron chi connectivity index (χ3n) is 1.41. The minimum atomic E-state index is -0.883. The van der Waals surface area contributed by atoms with Crippen LogP contribution in [0.4, 0.5) is 0 Å². The van der Waals surface area contributed by atoms with Gasteiger partial charge in [0, 0.05) is 19.3 Å². The molecule has 1 aliphatic heterocycles. The monoisotopic (exact) mass is 181 g/mol. The number of alkyl halides is 1. The van der Waals surface area contributed by atoms with Crippen molar-refractivity contribution in [3.05, 3.63) is 0 Å². The molecular weight excluding hydrogens is 170 g/mol. The van der Waals surface area contributed by atoms with Crippen LogP contribution >= 0.6 is 11.6 Å². The molecule has 0 spiro atoms. The first-order valence-corrected chi connectivity index (χ1v) is 3.98. The standard InChI is InChI=1S/C5H9NO3.CH3Cl/c7-3-1-4(5(8)9)6-2-3;1-2/h3-4,6-7H,1-2H2,(H,8,9);1H3/t3-,4+;/m1./s1. The number of hydrogen-bond acceptors (Lipinski definition) is 3. The van der Waals surface area contributed by atoms with E-state index >= 15 is 0 Å². The van der Waals surface area contributed by atoms with Crippen molar-refractivity contribution < 1.29 is 15.0 Å². The number of β-amino-alcohol motifs (C(OH)–C–C–N with tert-alkyl or cyclic N) is 1. The van der Waals surface area contributed by atoms with Gasteiger partial charge in [-0.25, -0.2) is 0 Å². The summed E-state index contributed by atoms with van der Waals surface area (Å²) in [4.78, 5) is 10.2. The molecule has 5 heteroatoms. The summed E-state index contributed by atoms with van der Waals surface area (Å²) in [5.74, 6) is -0.883. The van der Waals surface area contributed by atoms with Gasteiger partial charge in [-0.1, -0.05) is 0 Å². The fraction of sp³-hybridized carbons (Fsp3) is 0.833. The van der Waals surface area contributed by atoms with E-state index in [4.69, 9.17) is 10.2 Å². The van der Waals surface area contributed by atoms with Gasteiger partial charge in [-0.15, -0.1) is 11.6 Å². The number of carboxylic acids is 1. The minimum Gasteiger partial charge on any atom is -0.480 e. The van der Waals surface area contributed by atoms with Gasteiger partial charge in [-0.2, -0.15) is 0 Å². The molecule has 1 rings (SSSR count). The van der Waals surface area contributed by atoms with Gasteiger partial charge < -0.3 is 15.5 Å². The van der Waals surface area contributed by atoms with E-state index in [1.54, 1.807) is 0 Å². The zero-order chi connectivity index (χ0) is 8.85. The summed E-state index contributed by atoms with van der Waals surface area (Å²) < 4.78 is 0. The van der Waals surface area contributed by atoms with E-state index in [1.165, 1.54) is 6.38 Å². The van der Waals surface area contributed by atoms with E-state index in [0.29, 0.717) is 13.0 Å². The van der Waals surface area contributed by atoms with Crippen molar-refractivity contribution in [1.29, 1.82) is 0 Å². The Bertz CT molecular complexity index is 131. The van der Waals surface area contributed by atoms with Crippen molar-refractivity contribution in [1.82, 2.24) is 5.32 Å². The Labute approximate surface area is 70.2 Å². The second-order valence-electron chi connectivity index (χ2n) is 2.19. The highest BCUT2D eigenvalue weighted by Gasteiger charge is 2.27. The Morgan fingerprint density at radius 2 is 2.18 bits per heavy atom. The molecule has 0 radical (unpaired) electrons. The fourth-order valence-corrected chi connectivity index (χ4v) is 0.905. The normalized spacial score (nSPS) is 29.0. The summed E-state index contributed by atoms with van der Waals surface area (Å²) >= 11 is 4.64. The summed E-state index contributed by atoms with van der Waals surface area (Å²) in [6.45, 7) is 0.400. The molecule has 0 saturated carbocycles. The summed E-state index contributed by atoms with van der Waals surface area (Å²) in [7, 11) is 0. The Balaban J connectivity index is 0.000000461. The van der Waals surface area contributed by atoms with Crippen molar-refractivity contribution in [3.8, 4) is 0 Å². The molecule has 0 unspecified atom stereocenters. The predicted molar refractivity (Wildman–Crippen MR) is 41.8 cm³/mol. The van der Waals surface area contributed by atoms with Crippen LogP contribution in [0.5, 0.6) is 0 Å². The number of aliphatic hydroxyl groups is 1. The largest absolute Gasteiger partial charge is 0.480 e. The molecule has 1 aliphatic rings. The predicted octanol–water partition coefficient (Wildman–Crippen LogP) is -0.351. The Morgan fingerprint density at radius 1 is 1.64 bits per heavy atom. The highest BCUT2D eigenvalue weighted by Crippen LogP contribution is 2.05.